The van der Waals surface area contributed by atoms with Gasteiger partial charge in [-0.25, -0.2) is 18.1 Å². The first-order valence-electron chi connectivity index (χ1n) is 9.36. The van der Waals surface area contributed by atoms with Gasteiger partial charge in [-0.15, -0.1) is 10.2 Å². The van der Waals surface area contributed by atoms with Gasteiger partial charge in [0, 0.05) is 30.3 Å². The molecule has 154 valence electrons. The smallest absolute Gasteiger partial charge is 0.269 e. The lowest BCUT2D eigenvalue weighted by molar-refractivity contribution is -0.384. The van der Waals surface area contributed by atoms with Crippen LogP contribution in [-0.4, -0.2) is 43.9 Å². The van der Waals surface area contributed by atoms with Crippen LogP contribution in [0.1, 0.15) is 31.0 Å². The molecule has 0 bridgehead atoms. The Labute approximate surface area is 170 Å². The van der Waals surface area contributed by atoms with E-state index in [1.807, 2.05) is 10.5 Å². The number of aromatic amines is 1. The Morgan fingerprint density at radius 1 is 1.17 bits per heavy atom. The molecule has 0 amide bonds. The van der Waals surface area contributed by atoms with E-state index < -0.39 is 14.9 Å². The van der Waals surface area contributed by atoms with E-state index in [1.54, 1.807) is 12.4 Å². The van der Waals surface area contributed by atoms with Gasteiger partial charge in [0.25, 0.3) is 5.69 Å². The third-order valence-electron chi connectivity index (χ3n) is 5.44. The Morgan fingerprint density at radius 3 is 2.73 bits per heavy atom. The predicted octanol–water partition coefficient (Wildman–Crippen LogP) is 2.13. The van der Waals surface area contributed by atoms with E-state index >= 15 is 0 Å². The monoisotopic (exact) mass is 427 g/mol. The fourth-order valence-electron chi connectivity index (χ4n) is 4.02. The highest BCUT2D eigenvalue weighted by molar-refractivity contribution is 7.89. The van der Waals surface area contributed by atoms with Gasteiger partial charge < -0.3 is 4.98 Å². The second-order valence-electron chi connectivity index (χ2n) is 7.30. The largest absolute Gasteiger partial charge is 0.345 e. The summed E-state index contributed by atoms with van der Waals surface area (Å²) in [6, 6.07) is 6.51. The molecular formula is C18H17N7O4S. The maximum atomic E-state index is 12.7. The summed E-state index contributed by atoms with van der Waals surface area (Å²) in [4.78, 5) is 17.6. The summed E-state index contributed by atoms with van der Waals surface area (Å²) < 4.78 is 30.1. The molecule has 30 heavy (non-hydrogen) atoms. The molecule has 0 radical (unpaired) electrons. The summed E-state index contributed by atoms with van der Waals surface area (Å²) in [5.74, 6) is 0.832. The number of fused-ring (bicyclic) bond motifs is 3. The Hall–Kier alpha value is -3.38. The van der Waals surface area contributed by atoms with Gasteiger partial charge in [-0.1, -0.05) is 0 Å². The molecule has 0 spiro atoms. The maximum Gasteiger partial charge on any atom is 0.269 e. The summed E-state index contributed by atoms with van der Waals surface area (Å²) in [7, 11) is -3.78. The third-order valence-corrected chi connectivity index (χ3v) is 6.98. The minimum absolute atomic E-state index is 0.00424. The fraction of sp³-hybridized carbons (Fsp3) is 0.278. The number of rotatable bonds is 5. The molecule has 2 N–H and O–H groups in total. The van der Waals surface area contributed by atoms with Crippen LogP contribution in [0.2, 0.25) is 0 Å². The Morgan fingerprint density at radius 2 is 1.97 bits per heavy atom. The van der Waals surface area contributed by atoms with E-state index in [4.69, 9.17) is 0 Å². The number of nitro groups is 1. The fourth-order valence-corrected chi connectivity index (χ4v) is 5.30. The number of aromatic nitrogens is 5. The molecule has 1 aliphatic rings. The van der Waals surface area contributed by atoms with Crippen molar-refractivity contribution < 1.29 is 13.3 Å². The highest BCUT2D eigenvalue weighted by Crippen LogP contribution is 2.35. The highest BCUT2D eigenvalue weighted by Gasteiger charge is 2.32. The van der Waals surface area contributed by atoms with Crippen molar-refractivity contribution in [2.24, 2.45) is 0 Å². The Balaban J connectivity index is 1.37. The zero-order valence-electron chi connectivity index (χ0n) is 15.6. The van der Waals surface area contributed by atoms with Crippen LogP contribution in [0.5, 0.6) is 0 Å². The molecule has 5 rings (SSSR count). The van der Waals surface area contributed by atoms with Crippen molar-refractivity contribution in [3.63, 3.8) is 0 Å². The van der Waals surface area contributed by atoms with Gasteiger partial charge >= 0.3 is 0 Å². The molecule has 0 aliphatic heterocycles. The average Bonchev–Trinajstić information content (AvgIpc) is 3.45. The minimum atomic E-state index is -3.78. The van der Waals surface area contributed by atoms with Gasteiger partial charge in [0.15, 0.2) is 11.3 Å². The summed E-state index contributed by atoms with van der Waals surface area (Å²) in [5, 5.41) is 19.3. The summed E-state index contributed by atoms with van der Waals surface area (Å²) >= 11 is 0. The van der Waals surface area contributed by atoms with Crippen molar-refractivity contribution in [1.29, 1.82) is 0 Å². The second kappa shape index (κ2) is 6.85. The highest BCUT2D eigenvalue weighted by atomic mass is 32.2. The number of hydrogen-bond donors (Lipinski definition) is 2. The summed E-state index contributed by atoms with van der Waals surface area (Å²) in [6.45, 7) is 0. The molecule has 2 atom stereocenters. The lowest BCUT2D eigenvalue weighted by atomic mass is 10.1. The standard InChI is InChI=1S/C18H17N7O4S/c26-25(27)13-3-5-14(6-4-13)30(28,29)23-12-2-1-11(9-12)18-22-21-16-10-20-17-15(24(16)18)7-8-19-17/h3-8,10-12,19,23H,1-2,9H2/t11-,12+/m1/s1. The number of benzene rings is 1. The molecular weight excluding hydrogens is 410 g/mol. The summed E-state index contributed by atoms with van der Waals surface area (Å²) in [6.07, 6.45) is 5.46. The normalized spacial score (nSPS) is 19.6. The molecule has 1 saturated carbocycles. The number of H-pyrrole nitrogens is 1. The zero-order chi connectivity index (χ0) is 20.9. The van der Waals surface area contributed by atoms with Gasteiger partial charge in [0.2, 0.25) is 10.0 Å². The molecule has 11 nitrogen and oxygen atoms in total. The van der Waals surface area contributed by atoms with Gasteiger partial charge in [-0.05, 0) is 37.5 Å². The lowest BCUT2D eigenvalue weighted by Crippen LogP contribution is -2.33. The van der Waals surface area contributed by atoms with Crippen molar-refractivity contribution in [2.75, 3.05) is 0 Å². The van der Waals surface area contributed by atoms with Crippen molar-refractivity contribution in [1.82, 2.24) is 29.3 Å². The Kier molecular flexibility index (Phi) is 4.25. The van der Waals surface area contributed by atoms with Crippen LogP contribution in [0.3, 0.4) is 0 Å². The quantitative estimate of drug-likeness (QED) is 0.366. The van der Waals surface area contributed by atoms with Crippen LogP contribution in [0, 0.1) is 10.1 Å². The number of hydrogen-bond acceptors (Lipinski definition) is 7. The number of nitrogens with zero attached hydrogens (tertiary/aromatic N) is 5. The number of non-ortho nitro benzene ring substituents is 1. The van der Waals surface area contributed by atoms with Gasteiger partial charge in [0.1, 0.15) is 5.82 Å². The first kappa shape index (κ1) is 18.6. The molecule has 0 unspecified atom stereocenters. The minimum Gasteiger partial charge on any atom is -0.345 e. The van der Waals surface area contributed by atoms with Crippen LogP contribution in [-0.2, 0) is 10.0 Å². The van der Waals surface area contributed by atoms with Gasteiger partial charge in [-0.2, -0.15) is 0 Å². The van der Waals surface area contributed by atoms with E-state index in [0.717, 1.165) is 23.4 Å². The number of nitro benzene ring substituents is 1. The molecule has 0 saturated heterocycles. The number of nitrogens with one attached hydrogen (secondary N) is 2. The van der Waals surface area contributed by atoms with Crippen LogP contribution in [0.4, 0.5) is 5.69 Å². The van der Waals surface area contributed by atoms with Crippen LogP contribution in [0.15, 0.2) is 47.6 Å². The topological polar surface area (TPSA) is 148 Å². The van der Waals surface area contributed by atoms with Crippen molar-refractivity contribution in [3.05, 3.63) is 58.7 Å². The van der Waals surface area contributed by atoms with Crippen molar-refractivity contribution in [3.8, 4) is 0 Å². The van der Waals surface area contributed by atoms with E-state index in [1.165, 1.54) is 24.3 Å². The first-order valence-corrected chi connectivity index (χ1v) is 10.8. The first-order chi connectivity index (χ1) is 14.4. The second-order valence-corrected chi connectivity index (χ2v) is 9.01. The van der Waals surface area contributed by atoms with Crippen molar-refractivity contribution >= 4 is 32.5 Å². The van der Waals surface area contributed by atoms with Crippen LogP contribution < -0.4 is 4.72 Å². The molecule has 1 fully saturated rings. The number of sulfonamides is 1. The lowest BCUT2D eigenvalue weighted by Gasteiger charge is -2.13. The van der Waals surface area contributed by atoms with Gasteiger partial charge in [-0.3, -0.25) is 14.5 Å². The summed E-state index contributed by atoms with van der Waals surface area (Å²) in [5.41, 5.74) is 2.10. The van der Waals surface area contributed by atoms with E-state index in [-0.39, 0.29) is 22.5 Å². The molecule has 12 heteroatoms. The SMILES string of the molecule is O=[N+]([O-])c1ccc(S(=O)(=O)N[C@H]2CC[C@@H](c3nnc4cnc5[nH]ccc5n34)C2)cc1. The third kappa shape index (κ3) is 3.09. The van der Waals surface area contributed by atoms with E-state index in [9.17, 15) is 18.5 Å². The van der Waals surface area contributed by atoms with Crippen LogP contribution in [0.25, 0.3) is 16.8 Å². The average molecular weight is 427 g/mol. The zero-order valence-corrected chi connectivity index (χ0v) is 16.4. The maximum absolute atomic E-state index is 12.7. The molecule has 1 aliphatic carbocycles. The van der Waals surface area contributed by atoms with Crippen LogP contribution >= 0.6 is 0 Å². The molecule has 1 aromatic carbocycles. The van der Waals surface area contributed by atoms with Gasteiger partial charge in [0.05, 0.1) is 21.5 Å². The predicted molar refractivity (Wildman–Crippen MR) is 106 cm³/mol. The van der Waals surface area contributed by atoms with E-state index in [2.05, 4.69) is 24.9 Å². The van der Waals surface area contributed by atoms with Crippen molar-refractivity contribution in [2.45, 2.75) is 36.1 Å². The molecule has 4 aromatic rings. The van der Waals surface area contributed by atoms with E-state index in [0.29, 0.717) is 18.5 Å². The molecule has 3 heterocycles. The Bertz CT molecular complexity index is 1360. The molecule has 3 aromatic heterocycles.